The predicted octanol–water partition coefficient (Wildman–Crippen LogP) is 4.06. The molecule has 0 amide bonds. The number of hydrogen-bond acceptors (Lipinski definition) is 2. The van der Waals surface area contributed by atoms with Crippen LogP contribution in [0.25, 0.3) is 0 Å². The Morgan fingerprint density at radius 1 is 1.22 bits per heavy atom. The molecule has 2 heterocycles. The van der Waals surface area contributed by atoms with Crippen molar-refractivity contribution in [2.24, 2.45) is 12.0 Å². The van der Waals surface area contributed by atoms with Crippen LogP contribution in [0.4, 0.5) is 5.69 Å². The number of guanidine groups is 1. The van der Waals surface area contributed by atoms with Gasteiger partial charge in [0, 0.05) is 44.8 Å². The summed E-state index contributed by atoms with van der Waals surface area (Å²) in [5.41, 5.74) is 3.84. The Hall–Kier alpha value is -1.70. The van der Waals surface area contributed by atoms with E-state index in [9.17, 15) is 0 Å². The Labute approximate surface area is 180 Å². The summed E-state index contributed by atoms with van der Waals surface area (Å²) in [6, 6.07) is 11.2. The fourth-order valence-electron chi connectivity index (χ4n) is 3.40. The van der Waals surface area contributed by atoms with Crippen LogP contribution in [-0.2, 0) is 13.6 Å². The van der Waals surface area contributed by atoms with Gasteiger partial charge in [0.1, 0.15) is 0 Å². The molecule has 1 aromatic heterocycles. The number of benzene rings is 1. The first-order valence-electron chi connectivity index (χ1n) is 9.66. The van der Waals surface area contributed by atoms with Gasteiger partial charge >= 0.3 is 0 Å². The van der Waals surface area contributed by atoms with Gasteiger partial charge in [0.2, 0.25) is 0 Å². The molecule has 0 bridgehead atoms. The normalized spacial score (nSPS) is 15.4. The van der Waals surface area contributed by atoms with E-state index in [1.165, 1.54) is 42.7 Å². The first-order valence-corrected chi connectivity index (χ1v) is 9.66. The largest absolute Gasteiger partial charge is 0.372 e. The summed E-state index contributed by atoms with van der Waals surface area (Å²) in [7, 11) is 2.03. The Balaban J connectivity index is 0.00000261. The van der Waals surface area contributed by atoms with Crippen LogP contribution in [0.5, 0.6) is 0 Å². The second-order valence-corrected chi connectivity index (χ2v) is 7.04. The van der Waals surface area contributed by atoms with Crippen molar-refractivity contribution in [3.05, 3.63) is 53.9 Å². The molecule has 0 saturated carbocycles. The highest BCUT2D eigenvalue weighted by Gasteiger charge is 2.14. The van der Waals surface area contributed by atoms with Crippen LogP contribution in [0, 0.1) is 0 Å². The van der Waals surface area contributed by atoms with Crippen molar-refractivity contribution in [2.75, 3.05) is 24.5 Å². The molecule has 3 rings (SSSR count). The first kappa shape index (κ1) is 21.6. The van der Waals surface area contributed by atoms with Gasteiger partial charge < -0.3 is 20.1 Å². The topological polar surface area (TPSA) is 44.6 Å². The molecule has 2 aromatic rings. The van der Waals surface area contributed by atoms with E-state index in [-0.39, 0.29) is 30.0 Å². The lowest BCUT2D eigenvalue weighted by molar-refractivity contribution is 0.686. The summed E-state index contributed by atoms with van der Waals surface area (Å²) >= 11 is 0. The highest BCUT2D eigenvalue weighted by molar-refractivity contribution is 14.0. The van der Waals surface area contributed by atoms with Crippen molar-refractivity contribution >= 4 is 35.6 Å². The van der Waals surface area contributed by atoms with Crippen LogP contribution in [0.2, 0.25) is 0 Å². The molecule has 27 heavy (non-hydrogen) atoms. The first-order chi connectivity index (χ1) is 12.7. The van der Waals surface area contributed by atoms with E-state index in [0.717, 1.165) is 12.5 Å². The standard InChI is InChI=1S/C21H31N5.HI/c1-4-22-21(23-15-18-10-13-25(3)16-18)24-17(2)19-8-7-9-20(14-19)26-11-5-6-12-26;/h7-10,13-14,16-17H,4-6,11-12,15H2,1-3H3,(H2,22,23,24);1H. The van der Waals surface area contributed by atoms with Crippen molar-refractivity contribution in [1.82, 2.24) is 15.2 Å². The van der Waals surface area contributed by atoms with Gasteiger partial charge in [-0.05, 0) is 56.0 Å². The maximum absolute atomic E-state index is 4.73. The maximum Gasteiger partial charge on any atom is 0.192 e. The smallest absolute Gasteiger partial charge is 0.192 e. The average molecular weight is 481 g/mol. The molecule has 1 unspecified atom stereocenters. The minimum atomic E-state index is 0. The quantitative estimate of drug-likeness (QED) is 0.372. The molecular formula is C21H32IN5. The number of halogens is 1. The molecule has 5 nitrogen and oxygen atoms in total. The molecule has 0 spiro atoms. The molecule has 1 aliphatic heterocycles. The van der Waals surface area contributed by atoms with Crippen LogP contribution in [-0.4, -0.2) is 30.2 Å². The van der Waals surface area contributed by atoms with Gasteiger partial charge in [-0.2, -0.15) is 0 Å². The van der Waals surface area contributed by atoms with Crippen LogP contribution < -0.4 is 15.5 Å². The molecule has 1 aliphatic rings. The van der Waals surface area contributed by atoms with Gasteiger partial charge in [0.15, 0.2) is 5.96 Å². The molecular weight excluding hydrogens is 449 g/mol. The molecule has 148 valence electrons. The highest BCUT2D eigenvalue weighted by atomic mass is 127. The maximum atomic E-state index is 4.73. The van der Waals surface area contributed by atoms with E-state index >= 15 is 0 Å². The number of nitrogens with one attached hydrogen (secondary N) is 2. The zero-order valence-corrected chi connectivity index (χ0v) is 18.9. The van der Waals surface area contributed by atoms with Crippen LogP contribution >= 0.6 is 24.0 Å². The number of aliphatic imine (C=N–C) groups is 1. The van der Waals surface area contributed by atoms with Crippen molar-refractivity contribution in [1.29, 1.82) is 0 Å². The number of hydrogen-bond donors (Lipinski definition) is 2. The van der Waals surface area contributed by atoms with Crippen molar-refractivity contribution in [3.63, 3.8) is 0 Å². The van der Waals surface area contributed by atoms with E-state index in [4.69, 9.17) is 4.99 Å². The molecule has 6 heteroatoms. The fraction of sp³-hybridized carbons (Fsp3) is 0.476. The predicted molar refractivity (Wildman–Crippen MR) is 125 cm³/mol. The summed E-state index contributed by atoms with van der Waals surface area (Å²) in [5, 5.41) is 6.89. The van der Waals surface area contributed by atoms with Crippen molar-refractivity contribution in [3.8, 4) is 0 Å². The number of anilines is 1. The third kappa shape index (κ3) is 6.16. The summed E-state index contributed by atoms with van der Waals surface area (Å²) < 4.78 is 2.05. The molecule has 1 fully saturated rings. The number of aryl methyl sites for hydroxylation is 1. The SMILES string of the molecule is CCNC(=NCc1ccn(C)c1)NC(C)c1cccc(N2CCCC2)c1.I. The third-order valence-electron chi connectivity index (χ3n) is 4.85. The molecule has 0 radical (unpaired) electrons. The lowest BCUT2D eigenvalue weighted by Gasteiger charge is -2.22. The highest BCUT2D eigenvalue weighted by Crippen LogP contribution is 2.23. The Kier molecular flexibility index (Phi) is 8.47. The minimum absolute atomic E-state index is 0. The van der Waals surface area contributed by atoms with Gasteiger partial charge in [0.25, 0.3) is 0 Å². The van der Waals surface area contributed by atoms with E-state index in [2.05, 4.69) is 76.7 Å². The lowest BCUT2D eigenvalue weighted by Crippen LogP contribution is -2.38. The van der Waals surface area contributed by atoms with Gasteiger partial charge in [-0.3, -0.25) is 0 Å². The molecule has 1 atom stereocenters. The zero-order valence-electron chi connectivity index (χ0n) is 16.6. The van der Waals surface area contributed by atoms with E-state index in [1.807, 2.05) is 7.05 Å². The second kappa shape index (κ2) is 10.6. The third-order valence-corrected chi connectivity index (χ3v) is 4.85. The number of nitrogens with zero attached hydrogens (tertiary/aromatic N) is 3. The number of aromatic nitrogens is 1. The van der Waals surface area contributed by atoms with Gasteiger partial charge in [-0.15, -0.1) is 24.0 Å². The second-order valence-electron chi connectivity index (χ2n) is 7.04. The average Bonchev–Trinajstić information content (AvgIpc) is 3.32. The minimum Gasteiger partial charge on any atom is -0.372 e. The van der Waals surface area contributed by atoms with Gasteiger partial charge in [-0.1, -0.05) is 12.1 Å². The molecule has 0 aliphatic carbocycles. The van der Waals surface area contributed by atoms with Gasteiger partial charge in [-0.25, -0.2) is 4.99 Å². The van der Waals surface area contributed by atoms with Crippen molar-refractivity contribution < 1.29 is 0 Å². The lowest BCUT2D eigenvalue weighted by atomic mass is 10.1. The van der Waals surface area contributed by atoms with Crippen molar-refractivity contribution in [2.45, 2.75) is 39.3 Å². The van der Waals surface area contributed by atoms with E-state index in [0.29, 0.717) is 6.54 Å². The molecule has 1 aromatic carbocycles. The Morgan fingerprint density at radius 3 is 2.67 bits per heavy atom. The molecule has 2 N–H and O–H groups in total. The fourth-order valence-corrected chi connectivity index (χ4v) is 3.40. The van der Waals surface area contributed by atoms with E-state index < -0.39 is 0 Å². The summed E-state index contributed by atoms with van der Waals surface area (Å²) in [6.45, 7) is 8.16. The Bertz CT molecular complexity index is 734. The monoisotopic (exact) mass is 481 g/mol. The van der Waals surface area contributed by atoms with Crippen LogP contribution in [0.3, 0.4) is 0 Å². The number of rotatable bonds is 6. The van der Waals surface area contributed by atoms with Gasteiger partial charge in [0.05, 0.1) is 12.6 Å². The van der Waals surface area contributed by atoms with E-state index in [1.54, 1.807) is 0 Å². The zero-order chi connectivity index (χ0) is 18.4. The van der Waals surface area contributed by atoms with Crippen LogP contribution in [0.1, 0.15) is 43.9 Å². The van der Waals surface area contributed by atoms with Crippen LogP contribution in [0.15, 0.2) is 47.7 Å². The summed E-state index contributed by atoms with van der Waals surface area (Å²) in [4.78, 5) is 7.21. The Morgan fingerprint density at radius 2 is 2.00 bits per heavy atom. The molecule has 1 saturated heterocycles. The summed E-state index contributed by atoms with van der Waals surface area (Å²) in [5.74, 6) is 0.857. The summed E-state index contributed by atoms with van der Waals surface area (Å²) in [6.07, 6.45) is 6.76.